The highest BCUT2D eigenvalue weighted by Gasteiger charge is 2.20. The zero-order valence-electron chi connectivity index (χ0n) is 11.7. The molecule has 0 amide bonds. The van der Waals surface area contributed by atoms with Gasteiger partial charge in [-0.25, -0.2) is 4.98 Å². The Labute approximate surface area is 123 Å². The molecule has 1 fully saturated rings. The highest BCUT2D eigenvalue weighted by molar-refractivity contribution is 7.09. The first-order chi connectivity index (χ1) is 9.85. The number of rotatable bonds is 4. The highest BCUT2D eigenvalue weighted by atomic mass is 32.1. The summed E-state index contributed by atoms with van der Waals surface area (Å²) in [6.45, 7) is 7.17. The molecular weight excluding hydrogens is 270 g/mol. The van der Waals surface area contributed by atoms with Gasteiger partial charge in [0.1, 0.15) is 5.82 Å². The van der Waals surface area contributed by atoms with Crippen LogP contribution in [-0.4, -0.2) is 45.4 Å². The van der Waals surface area contributed by atoms with Gasteiger partial charge >= 0.3 is 0 Å². The summed E-state index contributed by atoms with van der Waals surface area (Å²) >= 11 is 1.52. The molecule has 1 aliphatic heterocycles. The molecular formula is C14H19N5S. The molecule has 20 heavy (non-hydrogen) atoms. The maximum Gasteiger partial charge on any atom is 0.205 e. The number of anilines is 1. The van der Waals surface area contributed by atoms with Crippen molar-refractivity contribution in [3.63, 3.8) is 0 Å². The molecule has 0 unspecified atom stereocenters. The van der Waals surface area contributed by atoms with Gasteiger partial charge in [-0.05, 0) is 12.1 Å². The van der Waals surface area contributed by atoms with Crippen molar-refractivity contribution >= 4 is 16.7 Å². The predicted octanol–water partition coefficient (Wildman–Crippen LogP) is 1.82. The molecule has 1 saturated heterocycles. The Morgan fingerprint density at radius 3 is 2.70 bits per heavy atom. The Bertz CT molecular complexity index is 534. The van der Waals surface area contributed by atoms with Crippen LogP contribution in [0.5, 0.6) is 0 Å². The lowest BCUT2D eigenvalue weighted by Crippen LogP contribution is -2.46. The zero-order valence-corrected chi connectivity index (χ0v) is 12.5. The number of nitrogens with zero attached hydrogens (tertiary/aromatic N) is 5. The second-order valence-electron chi connectivity index (χ2n) is 4.93. The molecule has 0 aromatic carbocycles. The topological polar surface area (TPSA) is 45.2 Å². The lowest BCUT2D eigenvalue weighted by molar-refractivity contribution is 0.247. The Morgan fingerprint density at radius 1 is 1.20 bits per heavy atom. The molecule has 6 heteroatoms. The lowest BCUT2D eigenvalue weighted by atomic mass is 10.3. The molecule has 0 atom stereocenters. The van der Waals surface area contributed by atoms with Crippen LogP contribution in [0, 0.1) is 0 Å². The average Bonchev–Trinajstić information content (AvgIpc) is 2.98. The van der Waals surface area contributed by atoms with E-state index >= 15 is 0 Å². The van der Waals surface area contributed by atoms with Gasteiger partial charge < -0.3 is 4.90 Å². The summed E-state index contributed by atoms with van der Waals surface area (Å²) in [4.78, 5) is 13.7. The second kappa shape index (κ2) is 6.28. The van der Waals surface area contributed by atoms with Crippen LogP contribution in [0.25, 0.3) is 0 Å². The molecule has 3 heterocycles. The van der Waals surface area contributed by atoms with Crippen molar-refractivity contribution in [2.24, 2.45) is 0 Å². The largest absolute Gasteiger partial charge is 0.344 e. The van der Waals surface area contributed by atoms with E-state index in [1.807, 2.05) is 18.3 Å². The summed E-state index contributed by atoms with van der Waals surface area (Å²) in [5.74, 6) is 0.959. The number of piperazine rings is 1. The number of hydrogen-bond donors (Lipinski definition) is 0. The maximum absolute atomic E-state index is 4.56. The minimum absolute atomic E-state index is 0.913. The van der Waals surface area contributed by atoms with Crippen molar-refractivity contribution in [3.8, 4) is 0 Å². The summed E-state index contributed by atoms with van der Waals surface area (Å²) in [6.07, 6.45) is 2.77. The Balaban J connectivity index is 1.54. The van der Waals surface area contributed by atoms with Crippen molar-refractivity contribution in [1.82, 2.24) is 19.2 Å². The smallest absolute Gasteiger partial charge is 0.205 e. The van der Waals surface area contributed by atoms with Gasteiger partial charge in [-0.1, -0.05) is 13.0 Å². The van der Waals surface area contributed by atoms with Gasteiger partial charge in [-0.3, -0.25) is 9.88 Å². The summed E-state index contributed by atoms with van der Waals surface area (Å²) < 4.78 is 4.36. The normalized spacial score (nSPS) is 16.6. The monoisotopic (exact) mass is 289 g/mol. The van der Waals surface area contributed by atoms with E-state index in [9.17, 15) is 0 Å². The van der Waals surface area contributed by atoms with E-state index in [4.69, 9.17) is 0 Å². The van der Waals surface area contributed by atoms with Gasteiger partial charge in [0.05, 0.1) is 5.69 Å². The van der Waals surface area contributed by atoms with Crippen LogP contribution < -0.4 is 4.90 Å². The first kappa shape index (κ1) is 13.5. The van der Waals surface area contributed by atoms with E-state index in [1.165, 1.54) is 11.5 Å². The quantitative estimate of drug-likeness (QED) is 0.859. The first-order valence-corrected chi connectivity index (χ1v) is 7.82. The predicted molar refractivity (Wildman–Crippen MR) is 81.0 cm³/mol. The molecule has 0 saturated carbocycles. The molecule has 2 aromatic heterocycles. The van der Waals surface area contributed by atoms with Crippen molar-refractivity contribution in [2.45, 2.75) is 19.9 Å². The number of hydrogen-bond acceptors (Lipinski definition) is 6. The van der Waals surface area contributed by atoms with Gasteiger partial charge in [0.2, 0.25) is 5.13 Å². The third-order valence-corrected chi connectivity index (χ3v) is 4.34. The first-order valence-electron chi connectivity index (χ1n) is 7.05. The highest BCUT2D eigenvalue weighted by Crippen LogP contribution is 2.19. The third kappa shape index (κ3) is 3.13. The van der Waals surface area contributed by atoms with Gasteiger partial charge in [0.15, 0.2) is 0 Å². The fraction of sp³-hybridized carbons (Fsp3) is 0.500. The van der Waals surface area contributed by atoms with Crippen molar-refractivity contribution in [3.05, 3.63) is 35.9 Å². The van der Waals surface area contributed by atoms with Crippen LogP contribution in [0.2, 0.25) is 0 Å². The molecule has 106 valence electrons. The molecule has 0 aliphatic carbocycles. The van der Waals surface area contributed by atoms with Crippen LogP contribution in [0.1, 0.15) is 18.4 Å². The van der Waals surface area contributed by atoms with E-state index in [2.05, 4.69) is 37.1 Å². The average molecular weight is 289 g/mol. The van der Waals surface area contributed by atoms with Gasteiger partial charge in [-0.15, -0.1) is 0 Å². The summed E-state index contributed by atoms with van der Waals surface area (Å²) in [5.41, 5.74) is 1.14. The minimum Gasteiger partial charge on any atom is -0.344 e. The number of pyridine rings is 1. The summed E-state index contributed by atoms with van der Waals surface area (Å²) in [7, 11) is 0. The fourth-order valence-electron chi connectivity index (χ4n) is 2.33. The third-order valence-electron chi connectivity index (χ3n) is 3.53. The van der Waals surface area contributed by atoms with Crippen molar-refractivity contribution in [1.29, 1.82) is 0 Å². The fourth-order valence-corrected chi connectivity index (χ4v) is 3.14. The molecule has 1 aliphatic rings. The van der Waals surface area contributed by atoms with E-state index in [0.717, 1.165) is 55.8 Å². The molecule has 0 bridgehead atoms. The Morgan fingerprint density at radius 2 is 2.05 bits per heavy atom. The lowest BCUT2D eigenvalue weighted by Gasteiger charge is -2.34. The van der Waals surface area contributed by atoms with E-state index in [0.29, 0.717) is 0 Å². The van der Waals surface area contributed by atoms with Crippen LogP contribution in [0.3, 0.4) is 0 Å². The van der Waals surface area contributed by atoms with Crippen LogP contribution in [-0.2, 0) is 13.0 Å². The maximum atomic E-state index is 4.56. The van der Waals surface area contributed by atoms with Crippen LogP contribution >= 0.6 is 11.5 Å². The summed E-state index contributed by atoms with van der Waals surface area (Å²) in [6, 6.07) is 6.10. The SMILES string of the molecule is CCc1nsc(N2CCN(Cc3ccccn3)CC2)n1. The van der Waals surface area contributed by atoms with Gasteiger partial charge in [0, 0.05) is 56.9 Å². The van der Waals surface area contributed by atoms with E-state index in [-0.39, 0.29) is 0 Å². The van der Waals surface area contributed by atoms with Gasteiger partial charge in [-0.2, -0.15) is 4.37 Å². The summed E-state index contributed by atoms with van der Waals surface area (Å²) in [5, 5.41) is 1.07. The molecule has 0 radical (unpaired) electrons. The number of aryl methyl sites for hydroxylation is 1. The minimum atomic E-state index is 0.913. The molecule has 3 rings (SSSR count). The van der Waals surface area contributed by atoms with E-state index in [1.54, 1.807) is 0 Å². The van der Waals surface area contributed by atoms with Gasteiger partial charge in [0.25, 0.3) is 0 Å². The molecule has 0 N–H and O–H groups in total. The van der Waals surface area contributed by atoms with Crippen LogP contribution in [0.4, 0.5) is 5.13 Å². The zero-order chi connectivity index (χ0) is 13.8. The molecule has 0 spiro atoms. The second-order valence-corrected chi connectivity index (χ2v) is 5.66. The standard InChI is InChI=1S/C14H19N5S/c1-2-13-16-14(20-17-13)19-9-7-18(8-10-19)11-12-5-3-4-6-15-12/h3-6H,2,7-11H2,1H3. The van der Waals surface area contributed by atoms with Crippen LogP contribution in [0.15, 0.2) is 24.4 Å². The molecule has 5 nitrogen and oxygen atoms in total. The van der Waals surface area contributed by atoms with Crippen molar-refractivity contribution < 1.29 is 0 Å². The van der Waals surface area contributed by atoms with E-state index < -0.39 is 0 Å². The Hall–Kier alpha value is -1.53. The molecule has 2 aromatic rings. The Kier molecular flexibility index (Phi) is 4.22. The van der Waals surface area contributed by atoms with Crippen molar-refractivity contribution in [2.75, 3.05) is 31.1 Å². The number of aromatic nitrogens is 3.